The van der Waals surface area contributed by atoms with Crippen LogP contribution in [0, 0.1) is 6.92 Å². The van der Waals surface area contributed by atoms with Crippen LogP contribution < -0.4 is 5.32 Å². The van der Waals surface area contributed by atoms with E-state index in [-0.39, 0.29) is 0 Å². The van der Waals surface area contributed by atoms with Gasteiger partial charge in [0.05, 0.1) is 15.9 Å². The molecule has 0 aliphatic rings. The van der Waals surface area contributed by atoms with Crippen molar-refractivity contribution in [3.63, 3.8) is 0 Å². The Kier molecular flexibility index (Phi) is 10.0. The average Bonchev–Trinajstić information content (AvgIpc) is 2.76. The zero-order valence-corrected chi connectivity index (χ0v) is 15.6. The number of aromatic nitrogens is 2. The number of nitrogens with zero attached hydrogens (tertiary/aromatic N) is 2. The molecule has 0 amide bonds. The molecule has 1 aromatic heterocycles. The summed E-state index contributed by atoms with van der Waals surface area (Å²) >= 11 is 3.64. The minimum absolute atomic E-state index is 0.908. The third kappa shape index (κ3) is 6.96. The molecule has 1 heterocycles. The van der Waals surface area contributed by atoms with E-state index in [4.69, 9.17) is 0 Å². The molecule has 0 unspecified atom stereocenters. The SMILES string of the molecule is CCCCCCCCCCNCc1c(Br)c(C)nn1CC. The van der Waals surface area contributed by atoms with Crippen LogP contribution in [-0.4, -0.2) is 16.3 Å². The third-order valence-corrected chi connectivity index (χ3v) is 4.98. The monoisotopic (exact) mass is 357 g/mol. The summed E-state index contributed by atoms with van der Waals surface area (Å²) in [6, 6.07) is 0. The van der Waals surface area contributed by atoms with Gasteiger partial charge >= 0.3 is 0 Å². The van der Waals surface area contributed by atoms with Crippen LogP contribution in [0.5, 0.6) is 0 Å². The van der Waals surface area contributed by atoms with Gasteiger partial charge in [0.2, 0.25) is 0 Å². The Morgan fingerprint density at radius 2 is 1.62 bits per heavy atom. The molecule has 4 heteroatoms. The number of hydrogen-bond donors (Lipinski definition) is 1. The van der Waals surface area contributed by atoms with Crippen molar-refractivity contribution in [2.45, 2.75) is 85.2 Å². The van der Waals surface area contributed by atoms with E-state index in [9.17, 15) is 0 Å². The lowest BCUT2D eigenvalue weighted by atomic mass is 10.1. The lowest BCUT2D eigenvalue weighted by Gasteiger charge is -2.07. The Balaban J connectivity index is 2.07. The summed E-state index contributed by atoms with van der Waals surface area (Å²) in [7, 11) is 0. The summed E-state index contributed by atoms with van der Waals surface area (Å²) in [5.41, 5.74) is 2.36. The van der Waals surface area contributed by atoms with Gasteiger partial charge in [0, 0.05) is 13.1 Å². The highest BCUT2D eigenvalue weighted by Crippen LogP contribution is 2.20. The van der Waals surface area contributed by atoms with Crippen LogP contribution >= 0.6 is 15.9 Å². The Morgan fingerprint density at radius 3 is 2.24 bits per heavy atom. The van der Waals surface area contributed by atoms with Gasteiger partial charge in [-0.25, -0.2) is 0 Å². The topological polar surface area (TPSA) is 29.9 Å². The molecule has 0 aromatic carbocycles. The zero-order chi connectivity index (χ0) is 15.5. The number of nitrogens with one attached hydrogen (secondary N) is 1. The van der Waals surface area contributed by atoms with E-state index in [0.29, 0.717) is 0 Å². The van der Waals surface area contributed by atoms with Crippen molar-refractivity contribution in [1.82, 2.24) is 15.1 Å². The van der Waals surface area contributed by atoms with Crippen molar-refractivity contribution in [1.29, 1.82) is 0 Å². The molecule has 0 radical (unpaired) electrons. The van der Waals surface area contributed by atoms with E-state index < -0.39 is 0 Å². The van der Waals surface area contributed by atoms with E-state index in [2.05, 4.69) is 51.8 Å². The van der Waals surface area contributed by atoms with Crippen LogP contribution in [0.15, 0.2) is 4.47 Å². The molecule has 0 saturated carbocycles. The van der Waals surface area contributed by atoms with E-state index >= 15 is 0 Å². The third-order valence-electron chi connectivity index (χ3n) is 3.95. The molecular weight excluding hydrogens is 326 g/mol. The minimum atomic E-state index is 0.908. The molecule has 1 N–H and O–H groups in total. The van der Waals surface area contributed by atoms with Crippen LogP contribution in [-0.2, 0) is 13.1 Å². The van der Waals surface area contributed by atoms with Crippen molar-refractivity contribution in [2.24, 2.45) is 0 Å². The number of aryl methyl sites for hydroxylation is 2. The van der Waals surface area contributed by atoms with Gasteiger partial charge in [-0.3, -0.25) is 4.68 Å². The highest BCUT2D eigenvalue weighted by Gasteiger charge is 2.10. The van der Waals surface area contributed by atoms with E-state index in [1.54, 1.807) is 0 Å². The average molecular weight is 358 g/mol. The highest BCUT2D eigenvalue weighted by molar-refractivity contribution is 9.10. The summed E-state index contributed by atoms with van der Waals surface area (Å²) in [6.07, 6.45) is 11.0. The van der Waals surface area contributed by atoms with Crippen molar-refractivity contribution in [2.75, 3.05) is 6.54 Å². The minimum Gasteiger partial charge on any atom is -0.311 e. The molecule has 3 nitrogen and oxygen atoms in total. The van der Waals surface area contributed by atoms with E-state index in [0.717, 1.165) is 29.8 Å². The molecule has 122 valence electrons. The standard InChI is InChI=1S/C17H32BrN3/c1-4-6-7-8-9-10-11-12-13-19-14-16-17(18)15(3)20-21(16)5-2/h19H,4-14H2,1-3H3. The van der Waals surface area contributed by atoms with Gasteiger partial charge in [0.25, 0.3) is 0 Å². The molecule has 0 fully saturated rings. The maximum absolute atomic E-state index is 4.52. The van der Waals surface area contributed by atoms with E-state index in [1.807, 2.05) is 0 Å². The Hall–Kier alpha value is -0.350. The lowest BCUT2D eigenvalue weighted by molar-refractivity contribution is 0.539. The van der Waals surface area contributed by atoms with E-state index in [1.165, 1.54) is 57.1 Å². The van der Waals surface area contributed by atoms with Crippen molar-refractivity contribution in [3.8, 4) is 0 Å². The van der Waals surface area contributed by atoms with Gasteiger partial charge in [-0.15, -0.1) is 0 Å². The normalized spacial score (nSPS) is 11.2. The largest absolute Gasteiger partial charge is 0.311 e. The fourth-order valence-corrected chi connectivity index (χ4v) is 3.05. The number of rotatable bonds is 12. The van der Waals surface area contributed by atoms with Gasteiger partial charge < -0.3 is 5.32 Å². The fraction of sp³-hybridized carbons (Fsp3) is 0.824. The summed E-state index contributed by atoms with van der Waals surface area (Å²) < 4.78 is 3.24. The molecule has 1 rings (SSSR count). The van der Waals surface area contributed by atoms with Crippen molar-refractivity contribution < 1.29 is 0 Å². The first-order valence-electron chi connectivity index (χ1n) is 8.63. The lowest BCUT2D eigenvalue weighted by Crippen LogP contribution is -2.18. The van der Waals surface area contributed by atoms with Gasteiger partial charge in [0.1, 0.15) is 0 Å². The second-order valence-corrected chi connectivity index (χ2v) is 6.61. The second-order valence-electron chi connectivity index (χ2n) is 5.81. The molecule has 0 aliphatic carbocycles. The van der Waals surface area contributed by atoms with Crippen LogP contribution in [0.25, 0.3) is 0 Å². The molecule has 0 bridgehead atoms. The number of halogens is 1. The first-order chi connectivity index (χ1) is 10.2. The van der Waals surface area contributed by atoms with Gasteiger partial charge in [-0.1, -0.05) is 51.9 Å². The molecule has 21 heavy (non-hydrogen) atoms. The molecular formula is C17H32BrN3. The number of hydrogen-bond acceptors (Lipinski definition) is 2. The molecule has 0 aliphatic heterocycles. The molecule has 0 saturated heterocycles. The first kappa shape index (κ1) is 18.7. The van der Waals surface area contributed by atoms with Crippen molar-refractivity contribution >= 4 is 15.9 Å². The van der Waals surface area contributed by atoms with Gasteiger partial charge in [-0.05, 0) is 42.7 Å². The van der Waals surface area contributed by atoms with Gasteiger partial charge in [-0.2, -0.15) is 5.10 Å². The molecule has 0 spiro atoms. The van der Waals surface area contributed by atoms with Gasteiger partial charge in [0.15, 0.2) is 0 Å². The smallest absolute Gasteiger partial charge is 0.0739 e. The summed E-state index contributed by atoms with van der Waals surface area (Å²) in [6.45, 7) is 9.41. The maximum Gasteiger partial charge on any atom is 0.0739 e. The Bertz CT molecular complexity index is 388. The zero-order valence-electron chi connectivity index (χ0n) is 14.1. The molecule has 1 aromatic rings. The summed E-state index contributed by atoms with van der Waals surface area (Å²) in [4.78, 5) is 0. The van der Waals surface area contributed by atoms with Crippen LogP contribution in [0.2, 0.25) is 0 Å². The first-order valence-corrected chi connectivity index (χ1v) is 9.42. The van der Waals surface area contributed by atoms with Crippen LogP contribution in [0.1, 0.15) is 76.6 Å². The summed E-state index contributed by atoms with van der Waals surface area (Å²) in [5.74, 6) is 0. The molecule has 0 atom stereocenters. The highest BCUT2D eigenvalue weighted by atomic mass is 79.9. The quantitative estimate of drug-likeness (QED) is 0.520. The van der Waals surface area contributed by atoms with Crippen LogP contribution in [0.4, 0.5) is 0 Å². The predicted octanol–water partition coefficient (Wildman–Crippen LogP) is 5.20. The van der Waals surface area contributed by atoms with Crippen LogP contribution in [0.3, 0.4) is 0 Å². The predicted molar refractivity (Wildman–Crippen MR) is 94.7 cm³/mol. The summed E-state index contributed by atoms with van der Waals surface area (Å²) in [5, 5.41) is 8.07. The van der Waals surface area contributed by atoms with Crippen molar-refractivity contribution in [3.05, 3.63) is 15.9 Å². The Labute approximate surface area is 139 Å². The fourth-order valence-electron chi connectivity index (χ4n) is 2.63. The Morgan fingerprint density at radius 1 is 1.00 bits per heavy atom. The maximum atomic E-state index is 4.52. The number of unbranched alkanes of at least 4 members (excludes halogenated alkanes) is 7. The second kappa shape index (κ2) is 11.2.